The maximum atomic E-state index is 13.4. The van der Waals surface area contributed by atoms with E-state index in [2.05, 4.69) is 25.5 Å². The molecule has 0 amide bonds. The number of furan rings is 1. The first kappa shape index (κ1) is 23.9. The molecule has 1 aromatic carbocycles. The Labute approximate surface area is 213 Å². The Bertz CT molecular complexity index is 1420. The summed E-state index contributed by atoms with van der Waals surface area (Å²) in [5, 5.41) is 11.7. The summed E-state index contributed by atoms with van der Waals surface area (Å²) in [5.74, 6) is 1.42. The molecule has 1 saturated carbocycles. The van der Waals surface area contributed by atoms with Gasteiger partial charge in [-0.25, -0.2) is 9.78 Å². The van der Waals surface area contributed by atoms with Crippen LogP contribution in [-0.2, 0) is 33.6 Å². The van der Waals surface area contributed by atoms with Gasteiger partial charge in [0.05, 0.1) is 46.5 Å². The highest BCUT2D eigenvalue weighted by Gasteiger charge is 2.35. The zero-order chi connectivity index (χ0) is 24.7. The minimum absolute atomic E-state index is 0.0624. The molecule has 1 aliphatic carbocycles. The van der Waals surface area contributed by atoms with Crippen molar-refractivity contribution in [3.8, 4) is 5.75 Å². The third-order valence-electron chi connectivity index (χ3n) is 6.25. The Morgan fingerprint density at radius 3 is 2.80 bits per heavy atom. The molecule has 1 unspecified atom stereocenters. The number of aromatic nitrogens is 3. The van der Waals surface area contributed by atoms with Gasteiger partial charge in [0.15, 0.2) is 0 Å². The van der Waals surface area contributed by atoms with E-state index in [-0.39, 0.29) is 29.9 Å². The zero-order valence-electron chi connectivity index (χ0n) is 19.5. The van der Waals surface area contributed by atoms with Crippen molar-refractivity contribution in [2.45, 2.75) is 50.8 Å². The van der Waals surface area contributed by atoms with Gasteiger partial charge in [-0.1, -0.05) is 0 Å². The lowest BCUT2D eigenvalue weighted by Crippen LogP contribution is -2.13. The molecule has 0 aliphatic heterocycles. The smallest absolute Gasteiger partial charge is 0.340 e. The largest absolute Gasteiger partial charge is 0.506 e. The second-order valence-electron chi connectivity index (χ2n) is 8.63. The van der Waals surface area contributed by atoms with E-state index in [1.54, 1.807) is 31.5 Å². The Morgan fingerprint density at radius 2 is 2.17 bits per heavy atom. The number of phenolic OH excluding ortho intramolecular Hbond substituents is 1. The lowest BCUT2D eigenvalue weighted by molar-refractivity contribution is 0.0527. The molecule has 0 saturated heterocycles. The molecule has 1 aliphatic rings. The number of fused-ring (bicyclic) bond motifs is 1. The third-order valence-corrected chi connectivity index (χ3v) is 8.05. The maximum Gasteiger partial charge on any atom is 0.340 e. The van der Waals surface area contributed by atoms with E-state index in [0.717, 1.165) is 24.2 Å². The number of carbonyl (C=O) groups is 1. The standard InChI is InChI=1S/C25H26BrN3O5S/c1-3-33-25(31)23-21(14-35(32)13-17-5-4-10-34-17)29(16-6-7-16)20-11-19(26)24(30)18(22(20)23)12-28-9-8-27-15(28)2/h4-5,8-11,16,30H,3,6-7,12-14H2,1-2H3. The first-order valence-corrected chi connectivity index (χ1v) is 13.8. The van der Waals surface area contributed by atoms with Gasteiger partial charge in [0.1, 0.15) is 17.3 Å². The zero-order valence-corrected chi connectivity index (χ0v) is 21.9. The Morgan fingerprint density at radius 1 is 1.37 bits per heavy atom. The Kier molecular flexibility index (Phi) is 6.59. The van der Waals surface area contributed by atoms with Gasteiger partial charge >= 0.3 is 5.97 Å². The van der Waals surface area contributed by atoms with E-state index < -0.39 is 16.8 Å². The number of halogens is 1. The van der Waals surface area contributed by atoms with Crippen LogP contribution in [0.25, 0.3) is 10.9 Å². The SMILES string of the molecule is CCOC(=O)c1c(CS(=O)Cc2ccco2)n(C2CC2)c2cc(Br)c(O)c(Cn3ccnc3C)c12. The van der Waals surface area contributed by atoms with Crippen LogP contribution in [0.2, 0.25) is 0 Å². The molecule has 1 fully saturated rings. The number of nitrogens with zero attached hydrogens (tertiary/aromatic N) is 3. The molecule has 1 N–H and O–H groups in total. The van der Waals surface area contributed by atoms with Crippen LogP contribution in [0.15, 0.2) is 45.7 Å². The van der Waals surface area contributed by atoms with Crippen LogP contribution < -0.4 is 0 Å². The number of aryl methyl sites for hydroxylation is 1. The molecule has 1 atom stereocenters. The Balaban J connectivity index is 1.73. The first-order valence-electron chi connectivity index (χ1n) is 11.5. The molecule has 0 radical (unpaired) electrons. The number of esters is 1. The van der Waals surface area contributed by atoms with Gasteiger partial charge in [-0.3, -0.25) is 4.21 Å². The van der Waals surface area contributed by atoms with Crippen molar-refractivity contribution in [2.24, 2.45) is 0 Å². The molecular formula is C25H26BrN3O5S. The molecule has 3 heterocycles. The van der Waals surface area contributed by atoms with Crippen LogP contribution in [-0.4, -0.2) is 36.0 Å². The van der Waals surface area contributed by atoms with Gasteiger partial charge in [0, 0.05) is 45.9 Å². The second kappa shape index (κ2) is 9.66. The molecule has 0 spiro atoms. The van der Waals surface area contributed by atoms with Crippen molar-refractivity contribution in [3.63, 3.8) is 0 Å². The number of hydrogen-bond acceptors (Lipinski definition) is 6. The minimum Gasteiger partial charge on any atom is -0.506 e. The number of carbonyl (C=O) groups excluding carboxylic acids is 1. The topological polar surface area (TPSA) is 99.5 Å². The highest BCUT2D eigenvalue weighted by atomic mass is 79.9. The van der Waals surface area contributed by atoms with Crippen LogP contribution in [0.5, 0.6) is 5.75 Å². The number of benzene rings is 1. The molecule has 0 bridgehead atoms. The van der Waals surface area contributed by atoms with Crippen LogP contribution in [0, 0.1) is 6.92 Å². The molecule has 4 aromatic rings. The summed E-state index contributed by atoms with van der Waals surface area (Å²) in [6.07, 6.45) is 7.04. The summed E-state index contributed by atoms with van der Waals surface area (Å²) in [4.78, 5) is 17.7. The number of phenols is 1. The third kappa shape index (κ3) is 4.56. The summed E-state index contributed by atoms with van der Waals surface area (Å²) in [5.41, 5.74) is 2.46. The van der Waals surface area contributed by atoms with E-state index in [0.29, 0.717) is 39.0 Å². The molecule has 3 aromatic heterocycles. The summed E-state index contributed by atoms with van der Waals surface area (Å²) in [6.45, 7) is 4.18. The number of hydrogen-bond donors (Lipinski definition) is 1. The van der Waals surface area contributed by atoms with E-state index >= 15 is 0 Å². The normalized spacial score (nSPS) is 14.5. The van der Waals surface area contributed by atoms with Crippen LogP contribution >= 0.6 is 15.9 Å². The second-order valence-corrected chi connectivity index (χ2v) is 10.9. The fourth-order valence-corrected chi connectivity index (χ4v) is 6.15. The highest BCUT2D eigenvalue weighted by Crippen LogP contribution is 2.46. The predicted molar refractivity (Wildman–Crippen MR) is 136 cm³/mol. The van der Waals surface area contributed by atoms with Gasteiger partial charge in [-0.2, -0.15) is 0 Å². The summed E-state index contributed by atoms with van der Waals surface area (Å²) < 4.78 is 28.7. The predicted octanol–water partition coefficient (Wildman–Crippen LogP) is 5.22. The molecule has 35 heavy (non-hydrogen) atoms. The minimum atomic E-state index is -1.32. The molecule has 8 nitrogen and oxygen atoms in total. The summed E-state index contributed by atoms with van der Waals surface area (Å²) >= 11 is 3.51. The first-order chi connectivity index (χ1) is 16.9. The fourth-order valence-electron chi connectivity index (χ4n) is 4.52. The van der Waals surface area contributed by atoms with Crippen molar-refractivity contribution in [1.29, 1.82) is 0 Å². The maximum absolute atomic E-state index is 13.4. The quantitative estimate of drug-likeness (QED) is 0.282. The number of aromatic hydroxyl groups is 1. The number of rotatable bonds is 9. The monoisotopic (exact) mass is 559 g/mol. The van der Waals surface area contributed by atoms with E-state index in [4.69, 9.17) is 9.15 Å². The van der Waals surface area contributed by atoms with Crippen molar-refractivity contribution in [1.82, 2.24) is 14.1 Å². The van der Waals surface area contributed by atoms with Crippen LogP contribution in [0.3, 0.4) is 0 Å². The molecule has 184 valence electrons. The average molecular weight is 560 g/mol. The van der Waals surface area contributed by atoms with Gasteiger partial charge in [-0.05, 0) is 60.8 Å². The van der Waals surface area contributed by atoms with Crippen LogP contribution in [0.4, 0.5) is 0 Å². The van der Waals surface area contributed by atoms with Crippen molar-refractivity contribution < 1.29 is 23.3 Å². The van der Waals surface area contributed by atoms with E-state index in [9.17, 15) is 14.1 Å². The van der Waals surface area contributed by atoms with E-state index in [1.165, 1.54) is 0 Å². The molecule has 5 rings (SSSR count). The lowest BCUT2D eigenvalue weighted by Gasteiger charge is -2.13. The van der Waals surface area contributed by atoms with Crippen molar-refractivity contribution in [3.05, 3.63) is 69.7 Å². The lowest BCUT2D eigenvalue weighted by atomic mass is 10.0. The Hall–Kier alpha value is -2.85. The highest BCUT2D eigenvalue weighted by molar-refractivity contribution is 9.10. The number of imidazole rings is 1. The van der Waals surface area contributed by atoms with Crippen molar-refractivity contribution in [2.75, 3.05) is 6.61 Å². The van der Waals surface area contributed by atoms with Gasteiger partial charge in [-0.15, -0.1) is 0 Å². The average Bonchev–Trinajstić information content (AvgIpc) is 3.20. The van der Waals surface area contributed by atoms with Crippen LogP contribution in [0.1, 0.15) is 59.0 Å². The number of ether oxygens (including phenoxy) is 1. The van der Waals surface area contributed by atoms with Gasteiger partial charge in [0.25, 0.3) is 0 Å². The molecule has 10 heteroatoms. The fraction of sp³-hybridized carbons (Fsp3) is 0.360. The summed E-state index contributed by atoms with van der Waals surface area (Å²) in [6, 6.07) is 5.61. The van der Waals surface area contributed by atoms with Gasteiger partial charge < -0.3 is 23.4 Å². The van der Waals surface area contributed by atoms with Gasteiger partial charge in [0.2, 0.25) is 0 Å². The molecular weight excluding hydrogens is 534 g/mol. The van der Waals surface area contributed by atoms with Crippen molar-refractivity contribution >= 4 is 43.6 Å². The summed E-state index contributed by atoms with van der Waals surface area (Å²) in [7, 11) is -1.32. The van der Waals surface area contributed by atoms with E-state index in [1.807, 2.05) is 23.8 Å².